The number of hydrogen-bond acceptors (Lipinski definition) is 3. The summed E-state index contributed by atoms with van der Waals surface area (Å²) in [6, 6.07) is 9.15. The highest BCUT2D eigenvalue weighted by Gasteiger charge is 2.28. The standard InChI is InChI=1S/C15H12ClN3OS/c16-11-4-3-9-6-13(20)19(12(9)7-11)8-10-2-1-5-18-14(10)15(17)21/h1-5,7H,6,8H2,(H2,17,21). The molecule has 0 fully saturated rings. The van der Waals surface area contributed by atoms with Crippen LogP contribution in [0.1, 0.15) is 16.8 Å². The van der Waals surface area contributed by atoms with Crippen molar-refractivity contribution in [2.24, 2.45) is 5.73 Å². The molecule has 0 bridgehead atoms. The highest BCUT2D eigenvalue weighted by Crippen LogP contribution is 2.32. The van der Waals surface area contributed by atoms with Crippen LogP contribution in [-0.4, -0.2) is 15.9 Å². The van der Waals surface area contributed by atoms with E-state index in [1.54, 1.807) is 29.3 Å². The van der Waals surface area contributed by atoms with Crippen LogP contribution in [0.2, 0.25) is 5.02 Å². The summed E-state index contributed by atoms with van der Waals surface area (Å²) in [4.78, 5) is 18.3. The van der Waals surface area contributed by atoms with Gasteiger partial charge in [0.1, 0.15) is 10.7 Å². The molecule has 4 nitrogen and oxygen atoms in total. The third-order valence-electron chi connectivity index (χ3n) is 3.43. The second-order valence-electron chi connectivity index (χ2n) is 4.81. The molecule has 0 unspecified atom stereocenters. The first-order valence-corrected chi connectivity index (χ1v) is 7.17. The van der Waals surface area contributed by atoms with Gasteiger partial charge >= 0.3 is 0 Å². The lowest BCUT2D eigenvalue weighted by molar-refractivity contribution is -0.117. The maximum Gasteiger partial charge on any atom is 0.231 e. The number of carbonyl (C=O) groups is 1. The molecule has 2 N–H and O–H groups in total. The number of aromatic nitrogens is 1. The third-order valence-corrected chi connectivity index (χ3v) is 3.86. The van der Waals surface area contributed by atoms with E-state index < -0.39 is 0 Å². The highest BCUT2D eigenvalue weighted by molar-refractivity contribution is 7.80. The maximum atomic E-state index is 12.2. The summed E-state index contributed by atoms with van der Waals surface area (Å²) in [5.74, 6) is 0.0324. The van der Waals surface area contributed by atoms with Gasteiger partial charge in [-0.15, -0.1) is 0 Å². The number of halogens is 1. The summed E-state index contributed by atoms with van der Waals surface area (Å²) in [7, 11) is 0. The molecule has 1 aromatic heterocycles. The van der Waals surface area contributed by atoms with E-state index in [0.29, 0.717) is 23.7 Å². The zero-order chi connectivity index (χ0) is 15.0. The highest BCUT2D eigenvalue weighted by atomic mass is 35.5. The van der Waals surface area contributed by atoms with E-state index in [1.165, 1.54) is 0 Å². The van der Waals surface area contributed by atoms with Gasteiger partial charge < -0.3 is 10.6 Å². The first-order chi connectivity index (χ1) is 10.1. The van der Waals surface area contributed by atoms with E-state index in [4.69, 9.17) is 29.6 Å². The largest absolute Gasteiger partial charge is 0.388 e. The third kappa shape index (κ3) is 2.62. The van der Waals surface area contributed by atoms with Gasteiger partial charge in [0.05, 0.1) is 13.0 Å². The minimum absolute atomic E-state index is 0.0324. The number of hydrogen-bond donors (Lipinski definition) is 1. The molecule has 3 rings (SSSR count). The van der Waals surface area contributed by atoms with E-state index in [2.05, 4.69) is 4.98 Å². The van der Waals surface area contributed by atoms with Crippen LogP contribution in [0.25, 0.3) is 0 Å². The fourth-order valence-corrected chi connectivity index (χ4v) is 2.81. The number of anilines is 1. The Morgan fingerprint density at radius 2 is 2.24 bits per heavy atom. The minimum atomic E-state index is 0.0324. The number of fused-ring (bicyclic) bond motifs is 1. The minimum Gasteiger partial charge on any atom is -0.388 e. The predicted molar refractivity (Wildman–Crippen MR) is 86.5 cm³/mol. The van der Waals surface area contributed by atoms with Gasteiger partial charge in [-0.2, -0.15) is 0 Å². The van der Waals surface area contributed by atoms with E-state index >= 15 is 0 Å². The average molecular weight is 318 g/mol. The SMILES string of the molecule is NC(=S)c1ncccc1CN1C(=O)Cc2ccc(Cl)cc21. The maximum absolute atomic E-state index is 12.2. The zero-order valence-electron chi connectivity index (χ0n) is 11.0. The quantitative estimate of drug-likeness (QED) is 0.883. The molecular formula is C15H12ClN3OS. The van der Waals surface area contributed by atoms with Crippen molar-refractivity contribution in [2.45, 2.75) is 13.0 Å². The Balaban J connectivity index is 1.98. The van der Waals surface area contributed by atoms with Crippen LogP contribution >= 0.6 is 23.8 Å². The van der Waals surface area contributed by atoms with Crippen molar-refractivity contribution >= 4 is 40.4 Å². The molecule has 0 aliphatic carbocycles. The molecular weight excluding hydrogens is 306 g/mol. The molecule has 0 atom stereocenters. The lowest BCUT2D eigenvalue weighted by Gasteiger charge is -2.19. The summed E-state index contributed by atoms with van der Waals surface area (Å²) in [5.41, 5.74) is 8.88. The fourth-order valence-electron chi connectivity index (χ4n) is 2.46. The molecule has 1 amide bonds. The van der Waals surface area contributed by atoms with Gasteiger partial charge in [0.15, 0.2) is 0 Å². The van der Waals surface area contributed by atoms with Crippen molar-refractivity contribution in [3.8, 4) is 0 Å². The number of thiocarbonyl (C=S) groups is 1. The van der Waals surface area contributed by atoms with Gasteiger partial charge in [-0.3, -0.25) is 9.78 Å². The summed E-state index contributed by atoms with van der Waals surface area (Å²) in [6.45, 7) is 0.382. The molecule has 0 saturated heterocycles. The molecule has 0 spiro atoms. The molecule has 2 heterocycles. The number of rotatable bonds is 3. The van der Waals surface area contributed by atoms with Crippen LogP contribution in [0.15, 0.2) is 36.5 Å². The predicted octanol–water partition coefficient (Wildman–Crippen LogP) is 2.46. The molecule has 0 radical (unpaired) electrons. The summed E-state index contributed by atoms with van der Waals surface area (Å²) in [6.07, 6.45) is 2.02. The number of carbonyl (C=O) groups excluding carboxylic acids is 1. The molecule has 1 aliphatic heterocycles. The normalized spacial score (nSPS) is 13.4. The number of pyridine rings is 1. The van der Waals surface area contributed by atoms with E-state index in [-0.39, 0.29) is 10.9 Å². The Hall–Kier alpha value is -1.98. The Morgan fingerprint density at radius 1 is 1.43 bits per heavy atom. The van der Waals surface area contributed by atoms with Crippen molar-refractivity contribution in [3.05, 3.63) is 58.4 Å². The number of benzene rings is 1. The molecule has 1 aromatic carbocycles. The summed E-state index contributed by atoms with van der Waals surface area (Å²) < 4.78 is 0. The van der Waals surface area contributed by atoms with Crippen LogP contribution in [0, 0.1) is 0 Å². The van der Waals surface area contributed by atoms with Gasteiger partial charge in [0, 0.05) is 22.5 Å². The molecule has 106 valence electrons. The topological polar surface area (TPSA) is 59.2 Å². The summed E-state index contributed by atoms with van der Waals surface area (Å²) in [5, 5.41) is 0.606. The van der Waals surface area contributed by atoms with Crippen LogP contribution in [-0.2, 0) is 17.8 Å². The zero-order valence-corrected chi connectivity index (χ0v) is 12.6. The Morgan fingerprint density at radius 3 is 3.00 bits per heavy atom. The van der Waals surface area contributed by atoms with Crippen LogP contribution in [0.4, 0.5) is 5.69 Å². The van der Waals surface area contributed by atoms with Gasteiger partial charge in [-0.05, 0) is 23.8 Å². The van der Waals surface area contributed by atoms with Crippen molar-refractivity contribution in [2.75, 3.05) is 4.90 Å². The number of amides is 1. The van der Waals surface area contributed by atoms with Gasteiger partial charge in [-0.1, -0.05) is 36.0 Å². The molecule has 1 aliphatic rings. The lowest BCUT2D eigenvalue weighted by atomic mass is 10.1. The smallest absolute Gasteiger partial charge is 0.231 e. The van der Waals surface area contributed by atoms with Crippen LogP contribution in [0.5, 0.6) is 0 Å². The Bertz CT molecular complexity index is 747. The molecule has 21 heavy (non-hydrogen) atoms. The molecule has 2 aromatic rings. The van der Waals surface area contributed by atoms with Crippen molar-refractivity contribution in [3.63, 3.8) is 0 Å². The summed E-state index contributed by atoms with van der Waals surface area (Å²) >= 11 is 11.0. The first-order valence-electron chi connectivity index (χ1n) is 6.39. The average Bonchev–Trinajstić information content (AvgIpc) is 2.75. The van der Waals surface area contributed by atoms with Crippen LogP contribution < -0.4 is 10.6 Å². The van der Waals surface area contributed by atoms with Gasteiger partial charge in [0.25, 0.3) is 0 Å². The van der Waals surface area contributed by atoms with Gasteiger partial charge in [-0.25, -0.2) is 0 Å². The number of nitrogens with zero attached hydrogens (tertiary/aromatic N) is 2. The second kappa shape index (κ2) is 5.42. The molecule has 6 heteroatoms. The van der Waals surface area contributed by atoms with E-state index in [1.807, 2.05) is 12.1 Å². The van der Waals surface area contributed by atoms with E-state index in [9.17, 15) is 4.79 Å². The van der Waals surface area contributed by atoms with Crippen LogP contribution in [0.3, 0.4) is 0 Å². The molecule has 0 saturated carbocycles. The Kier molecular flexibility index (Phi) is 3.61. The second-order valence-corrected chi connectivity index (χ2v) is 5.68. The van der Waals surface area contributed by atoms with E-state index in [0.717, 1.165) is 16.8 Å². The van der Waals surface area contributed by atoms with Crippen molar-refractivity contribution in [1.29, 1.82) is 0 Å². The monoisotopic (exact) mass is 317 g/mol. The first kappa shape index (κ1) is 14.0. The number of nitrogens with two attached hydrogens (primary N) is 1. The van der Waals surface area contributed by atoms with Crippen molar-refractivity contribution in [1.82, 2.24) is 4.98 Å². The fraction of sp³-hybridized carbons (Fsp3) is 0.133. The Labute approximate surface area is 132 Å². The van der Waals surface area contributed by atoms with Crippen molar-refractivity contribution < 1.29 is 4.79 Å². The van der Waals surface area contributed by atoms with Gasteiger partial charge in [0.2, 0.25) is 5.91 Å². The lowest BCUT2D eigenvalue weighted by Crippen LogP contribution is -2.28.